The number of ether oxygens (including phenoxy) is 1. The second kappa shape index (κ2) is 8.14. The fourth-order valence-corrected chi connectivity index (χ4v) is 3.96. The van der Waals surface area contributed by atoms with Gasteiger partial charge in [-0.15, -0.1) is 23.1 Å². The fraction of sp³-hybridized carbons (Fsp3) is 0.357. The van der Waals surface area contributed by atoms with Gasteiger partial charge in [-0.05, 0) is 31.3 Å². The highest BCUT2D eigenvalue weighted by Gasteiger charge is 2.10. The van der Waals surface area contributed by atoms with E-state index in [4.69, 9.17) is 4.74 Å². The first-order valence-corrected chi connectivity index (χ1v) is 8.81. The minimum absolute atomic E-state index is 0.580. The number of rotatable bonds is 7. The monoisotopic (exact) mass is 372 g/mol. The summed E-state index contributed by atoms with van der Waals surface area (Å²) >= 11 is 7.02. The van der Waals surface area contributed by atoms with Crippen molar-refractivity contribution in [3.8, 4) is 0 Å². The molecule has 0 saturated heterocycles. The fourth-order valence-electron chi connectivity index (χ4n) is 1.72. The van der Waals surface area contributed by atoms with Crippen LogP contribution in [0.5, 0.6) is 0 Å². The summed E-state index contributed by atoms with van der Waals surface area (Å²) in [6.45, 7) is 1.43. The van der Waals surface area contributed by atoms with Gasteiger partial charge in [-0.2, -0.15) is 0 Å². The van der Waals surface area contributed by atoms with Crippen molar-refractivity contribution in [2.45, 2.75) is 23.8 Å². The average Bonchev–Trinajstić information content (AvgIpc) is 2.82. The lowest BCUT2D eigenvalue weighted by Crippen LogP contribution is -2.06. The molecular weight excluding hydrogens is 356 g/mol. The van der Waals surface area contributed by atoms with E-state index in [1.165, 1.54) is 9.77 Å². The Bertz CT molecular complexity index is 519. The van der Waals surface area contributed by atoms with Crippen molar-refractivity contribution in [1.82, 2.24) is 10.3 Å². The number of benzene rings is 1. The maximum Gasteiger partial charge on any atom is 0.104 e. The Morgan fingerprint density at radius 2 is 2.10 bits per heavy atom. The number of halogens is 1. The molecule has 0 aliphatic rings. The molecule has 3 nitrogen and oxygen atoms in total. The first kappa shape index (κ1) is 16.0. The second-order valence-electron chi connectivity index (χ2n) is 4.18. The van der Waals surface area contributed by atoms with Crippen molar-refractivity contribution in [2.75, 3.05) is 14.2 Å². The lowest BCUT2D eigenvalue weighted by Gasteiger charge is -1.99. The quantitative estimate of drug-likeness (QED) is 0.742. The Balaban J connectivity index is 2.01. The van der Waals surface area contributed by atoms with Gasteiger partial charge in [-0.25, -0.2) is 4.98 Å². The summed E-state index contributed by atoms with van der Waals surface area (Å²) in [5, 5.41) is 4.33. The van der Waals surface area contributed by atoms with Crippen molar-refractivity contribution >= 4 is 39.0 Å². The Hall–Kier alpha value is -0.400. The minimum atomic E-state index is 0.580. The van der Waals surface area contributed by atoms with Gasteiger partial charge < -0.3 is 10.1 Å². The summed E-state index contributed by atoms with van der Waals surface area (Å²) in [6, 6.07) is 8.36. The van der Waals surface area contributed by atoms with Gasteiger partial charge in [0.05, 0.1) is 18.1 Å². The van der Waals surface area contributed by atoms with Crippen molar-refractivity contribution in [3.63, 3.8) is 0 Å². The van der Waals surface area contributed by atoms with Gasteiger partial charge >= 0.3 is 0 Å². The molecule has 20 heavy (non-hydrogen) atoms. The summed E-state index contributed by atoms with van der Waals surface area (Å²) in [4.78, 5) is 7.20. The largest absolute Gasteiger partial charge is 0.378 e. The third kappa shape index (κ3) is 4.56. The van der Waals surface area contributed by atoms with E-state index < -0.39 is 0 Å². The molecule has 0 unspecified atom stereocenters. The molecule has 0 bridgehead atoms. The topological polar surface area (TPSA) is 34.2 Å². The van der Waals surface area contributed by atoms with Crippen molar-refractivity contribution in [1.29, 1.82) is 0 Å². The van der Waals surface area contributed by atoms with Crippen LogP contribution in [0.15, 0.2) is 33.6 Å². The molecule has 1 aromatic carbocycles. The summed E-state index contributed by atoms with van der Waals surface area (Å²) in [6.07, 6.45) is 0. The third-order valence-electron chi connectivity index (χ3n) is 2.62. The highest BCUT2D eigenvalue weighted by molar-refractivity contribution is 9.10. The number of methoxy groups -OCH3 is 1. The highest BCUT2D eigenvalue weighted by Crippen LogP contribution is 2.28. The first-order valence-electron chi connectivity index (χ1n) is 6.22. The van der Waals surface area contributed by atoms with E-state index in [0.29, 0.717) is 6.61 Å². The van der Waals surface area contributed by atoms with Gasteiger partial charge in [0, 0.05) is 27.9 Å². The minimum Gasteiger partial charge on any atom is -0.378 e. The van der Waals surface area contributed by atoms with Gasteiger partial charge in [0.1, 0.15) is 5.01 Å². The van der Waals surface area contributed by atoms with Crippen LogP contribution in [0.25, 0.3) is 0 Å². The van der Waals surface area contributed by atoms with Crippen LogP contribution in [-0.4, -0.2) is 19.1 Å². The standard InChI is InChI=1S/C14H17BrN2OS2/c1-16-7-13-12(8-18-2)17-14(20-13)9-19-11-5-3-10(15)4-6-11/h3-6,16H,7-9H2,1-2H3. The molecule has 0 aliphatic heterocycles. The summed E-state index contributed by atoms with van der Waals surface area (Å²) in [5.74, 6) is 0.896. The molecule has 0 fully saturated rings. The van der Waals surface area contributed by atoms with Crippen molar-refractivity contribution < 1.29 is 4.74 Å². The molecule has 0 amide bonds. The van der Waals surface area contributed by atoms with Gasteiger partial charge in [0.15, 0.2) is 0 Å². The maximum absolute atomic E-state index is 5.21. The zero-order chi connectivity index (χ0) is 14.4. The number of hydrogen-bond donors (Lipinski definition) is 1. The highest BCUT2D eigenvalue weighted by atomic mass is 79.9. The molecule has 1 heterocycles. The van der Waals surface area contributed by atoms with E-state index in [9.17, 15) is 0 Å². The van der Waals surface area contributed by atoms with E-state index in [0.717, 1.165) is 27.5 Å². The SMILES string of the molecule is CNCc1sc(CSc2ccc(Br)cc2)nc1COC. The summed E-state index contributed by atoms with van der Waals surface area (Å²) < 4.78 is 6.31. The van der Waals surface area contributed by atoms with Gasteiger partial charge in [-0.3, -0.25) is 0 Å². The number of aromatic nitrogens is 1. The van der Waals surface area contributed by atoms with Gasteiger partial charge in [0.2, 0.25) is 0 Å². The molecular formula is C14H17BrN2OS2. The van der Waals surface area contributed by atoms with Crippen molar-refractivity contribution in [2.24, 2.45) is 0 Å². The average molecular weight is 373 g/mol. The molecule has 1 aromatic heterocycles. The zero-order valence-electron chi connectivity index (χ0n) is 11.5. The van der Waals surface area contributed by atoms with Gasteiger partial charge in [0.25, 0.3) is 0 Å². The summed E-state index contributed by atoms with van der Waals surface area (Å²) in [7, 11) is 3.66. The van der Waals surface area contributed by atoms with E-state index in [-0.39, 0.29) is 0 Å². The smallest absolute Gasteiger partial charge is 0.104 e. The molecule has 6 heteroatoms. The molecule has 0 spiro atoms. The molecule has 108 valence electrons. The Morgan fingerprint density at radius 3 is 2.75 bits per heavy atom. The van der Waals surface area contributed by atoms with E-state index in [1.807, 2.05) is 7.05 Å². The lowest BCUT2D eigenvalue weighted by molar-refractivity contribution is 0.181. The third-order valence-corrected chi connectivity index (χ3v) is 5.45. The van der Waals surface area contributed by atoms with Crippen LogP contribution < -0.4 is 5.32 Å². The Morgan fingerprint density at radius 1 is 1.35 bits per heavy atom. The number of nitrogens with one attached hydrogen (secondary N) is 1. The lowest BCUT2D eigenvalue weighted by atomic mass is 10.4. The van der Waals surface area contributed by atoms with E-state index >= 15 is 0 Å². The molecule has 0 aliphatic carbocycles. The predicted molar refractivity (Wildman–Crippen MR) is 89.3 cm³/mol. The van der Waals surface area contributed by atoms with Crippen LogP contribution in [0.4, 0.5) is 0 Å². The molecule has 2 rings (SSSR count). The van der Waals surface area contributed by atoms with Gasteiger partial charge in [-0.1, -0.05) is 15.9 Å². The molecule has 1 N–H and O–H groups in total. The van der Waals surface area contributed by atoms with Crippen LogP contribution >= 0.6 is 39.0 Å². The molecule has 0 saturated carbocycles. The Kier molecular flexibility index (Phi) is 6.51. The van der Waals surface area contributed by atoms with Crippen LogP contribution in [0.1, 0.15) is 15.6 Å². The van der Waals surface area contributed by atoms with E-state index in [2.05, 4.69) is 50.5 Å². The maximum atomic E-state index is 5.21. The predicted octanol–water partition coefficient (Wildman–Crippen LogP) is 4.06. The van der Waals surface area contributed by atoms with Crippen LogP contribution in [0.2, 0.25) is 0 Å². The number of nitrogens with zero attached hydrogens (tertiary/aromatic N) is 1. The Labute approximate surface area is 136 Å². The van der Waals surface area contributed by atoms with Crippen molar-refractivity contribution in [3.05, 3.63) is 44.3 Å². The van der Waals surface area contributed by atoms with Crippen LogP contribution in [-0.2, 0) is 23.6 Å². The molecule has 0 atom stereocenters. The zero-order valence-corrected chi connectivity index (χ0v) is 14.7. The second-order valence-corrected chi connectivity index (χ2v) is 7.32. The first-order chi connectivity index (χ1) is 9.72. The number of hydrogen-bond acceptors (Lipinski definition) is 5. The van der Waals surface area contributed by atoms with E-state index in [1.54, 1.807) is 30.2 Å². The molecule has 0 radical (unpaired) electrons. The number of thiazole rings is 1. The molecule has 2 aromatic rings. The number of thioether (sulfide) groups is 1. The van der Waals surface area contributed by atoms with Crippen LogP contribution in [0, 0.1) is 0 Å². The normalized spacial score (nSPS) is 10.9. The van der Waals surface area contributed by atoms with Crippen LogP contribution in [0.3, 0.4) is 0 Å². The summed E-state index contributed by atoms with van der Waals surface area (Å²) in [5.41, 5.74) is 1.05.